The molecule has 7 heteroatoms. The molecule has 1 saturated heterocycles. The fraction of sp³-hybridized carbons (Fsp3) is 0.438. The number of H-pyrrole nitrogens is 1. The van der Waals surface area contributed by atoms with Crippen molar-refractivity contribution in [1.82, 2.24) is 19.7 Å². The Morgan fingerprint density at radius 2 is 2.09 bits per heavy atom. The van der Waals surface area contributed by atoms with Crippen molar-refractivity contribution in [3.63, 3.8) is 0 Å². The molecule has 0 radical (unpaired) electrons. The lowest BCUT2D eigenvalue weighted by Crippen LogP contribution is -2.38. The number of amides is 1. The van der Waals surface area contributed by atoms with Gasteiger partial charge in [0, 0.05) is 31.6 Å². The molecule has 0 spiro atoms. The number of likely N-dealkylation sites (tertiary alicyclic amines) is 1. The summed E-state index contributed by atoms with van der Waals surface area (Å²) in [5.41, 5.74) is 0.434. The molecule has 0 bridgehead atoms. The van der Waals surface area contributed by atoms with Gasteiger partial charge in [-0.25, -0.2) is 9.48 Å². The smallest absolute Gasteiger partial charge is 0.343 e. The largest absolute Gasteiger partial charge is 0.497 e. The van der Waals surface area contributed by atoms with Crippen LogP contribution in [0.15, 0.2) is 29.1 Å². The molecule has 7 nitrogen and oxygen atoms in total. The summed E-state index contributed by atoms with van der Waals surface area (Å²) in [5.74, 6) is 1.60. The number of aryl methyl sites for hydroxylation is 1. The van der Waals surface area contributed by atoms with Crippen molar-refractivity contribution in [3.8, 4) is 5.75 Å². The van der Waals surface area contributed by atoms with E-state index in [0.29, 0.717) is 30.2 Å². The molecular formula is C16H20N4O3. The minimum Gasteiger partial charge on any atom is -0.497 e. The van der Waals surface area contributed by atoms with Gasteiger partial charge in [-0.3, -0.25) is 9.78 Å². The molecule has 1 aliphatic heterocycles. The van der Waals surface area contributed by atoms with Gasteiger partial charge in [0.25, 0.3) is 5.91 Å². The summed E-state index contributed by atoms with van der Waals surface area (Å²) in [4.78, 5) is 28.7. The Labute approximate surface area is 133 Å². The van der Waals surface area contributed by atoms with E-state index in [0.717, 1.165) is 12.8 Å². The number of aromatic amines is 1. The van der Waals surface area contributed by atoms with Crippen LogP contribution in [0.5, 0.6) is 5.75 Å². The molecule has 0 saturated carbocycles. The van der Waals surface area contributed by atoms with Crippen LogP contribution < -0.4 is 10.4 Å². The minimum absolute atomic E-state index is 0.0110. The molecule has 0 atom stereocenters. The minimum atomic E-state index is -0.199. The molecule has 1 aliphatic rings. The quantitative estimate of drug-likeness (QED) is 0.921. The fourth-order valence-corrected chi connectivity index (χ4v) is 2.90. The Morgan fingerprint density at radius 3 is 2.70 bits per heavy atom. The number of piperidine rings is 1. The third kappa shape index (κ3) is 3.13. The van der Waals surface area contributed by atoms with Crippen molar-refractivity contribution in [3.05, 3.63) is 46.1 Å². The van der Waals surface area contributed by atoms with E-state index in [9.17, 15) is 9.59 Å². The molecule has 23 heavy (non-hydrogen) atoms. The molecule has 2 aromatic rings. The number of hydrogen-bond donors (Lipinski definition) is 1. The van der Waals surface area contributed by atoms with Crippen LogP contribution in [-0.4, -0.2) is 45.8 Å². The van der Waals surface area contributed by atoms with Gasteiger partial charge in [-0.1, -0.05) is 6.07 Å². The highest BCUT2D eigenvalue weighted by Crippen LogP contribution is 2.26. The van der Waals surface area contributed by atoms with Crippen LogP contribution in [0.1, 0.15) is 34.9 Å². The third-order valence-corrected chi connectivity index (χ3v) is 4.27. The first-order valence-electron chi connectivity index (χ1n) is 7.65. The maximum absolute atomic E-state index is 12.6. The van der Waals surface area contributed by atoms with E-state index in [1.807, 2.05) is 17.0 Å². The van der Waals surface area contributed by atoms with Crippen LogP contribution in [0.25, 0.3) is 0 Å². The molecule has 1 fully saturated rings. The van der Waals surface area contributed by atoms with Gasteiger partial charge in [0.2, 0.25) is 0 Å². The van der Waals surface area contributed by atoms with Crippen LogP contribution in [0.4, 0.5) is 0 Å². The molecule has 1 N–H and O–H groups in total. The number of nitrogens with zero attached hydrogens (tertiary/aromatic N) is 3. The predicted molar refractivity (Wildman–Crippen MR) is 84.7 cm³/mol. The molecule has 0 unspecified atom stereocenters. The Bertz CT molecular complexity index is 757. The number of benzene rings is 1. The van der Waals surface area contributed by atoms with Crippen molar-refractivity contribution >= 4 is 5.91 Å². The summed E-state index contributed by atoms with van der Waals surface area (Å²) in [5, 5.41) is 4.21. The van der Waals surface area contributed by atoms with Gasteiger partial charge in [-0.15, -0.1) is 0 Å². The molecule has 1 amide bonds. The highest BCUT2D eigenvalue weighted by molar-refractivity contribution is 5.94. The van der Waals surface area contributed by atoms with Crippen molar-refractivity contribution in [1.29, 1.82) is 0 Å². The van der Waals surface area contributed by atoms with Gasteiger partial charge in [0.15, 0.2) is 0 Å². The van der Waals surface area contributed by atoms with Gasteiger partial charge >= 0.3 is 5.69 Å². The summed E-state index contributed by atoms with van der Waals surface area (Å²) in [6, 6.07) is 7.19. The van der Waals surface area contributed by atoms with Crippen molar-refractivity contribution < 1.29 is 9.53 Å². The molecule has 1 aromatic carbocycles. The average Bonchev–Trinajstić information content (AvgIpc) is 2.93. The number of carbonyl (C=O) groups is 1. The predicted octanol–water partition coefficient (Wildman–Crippen LogP) is 1.14. The highest BCUT2D eigenvalue weighted by atomic mass is 16.5. The van der Waals surface area contributed by atoms with Gasteiger partial charge in [0.1, 0.15) is 11.6 Å². The molecular weight excluding hydrogens is 296 g/mol. The average molecular weight is 316 g/mol. The topological polar surface area (TPSA) is 80.2 Å². The Morgan fingerprint density at radius 1 is 1.35 bits per heavy atom. The first-order chi connectivity index (χ1) is 11.1. The van der Waals surface area contributed by atoms with Crippen LogP contribution in [0, 0.1) is 0 Å². The monoisotopic (exact) mass is 316 g/mol. The summed E-state index contributed by atoms with van der Waals surface area (Å²) in [6.07, 6.45) is 1.59. The van der Waals surface area contributed by atoms with Gasteiger partial charge in [0.05, 0.1) is 7.11 Å². The number of rotatable bonds is 3. The molecule has 3 rings (SSSR count). The highest BCUT2D eigenvalue weighted by Gasteiger charge is 2.26. The standard InChI is InChI=1S/C16H20N4O3/c1-19-16(22)17-14(18-19)11-6-8-20(9-7-11)15(21)12-4-3-5-13(10-12)23-2/h3-5,10-11H,6-9H2,1-2H3,(H,17,18,22). The number of aromatic nitrogens is 3. The summed E-state index contributed by atoms with van der Waals surface area (Å²) >= 11 is 0. The second kappa shape index (κ2) is 6.28. The van der Waals surface area contributed by atoms with E-state index in [2.05, 4.69) is 10.1 Å². The van der Waals surface area contributed by atoms with Crippen LogP contribution in [0.3, 0.4) is 0 Å². The number of ether oxygens (including phenoxy) is 1. The lowest BCUT2D eigenvalue weighted by Gasteiger charge is -2.31. The summed E-state index contributed by atoms with van der Waals surface area (Å²) in [6.45, 7) is 1.30. The Hall–Kier alpha value is -2.57. The first-order valence-corrected chi connectivity index (χ1v) is 7.65. The molecule has 122 valence electrons. The van der Waals surface area contributed by atoms with E-state index in [1.54, 1.807) is 26.3 Å². The maximum atomic E-state index is 12.6. The summed E-state index contributed by atoms with van der Waals surface area (Å²) in [7, 11) is 3.21. The number of hydrogen-bond acceptors (Lipinski definition) is 4. The van der Waals surface area contributed by atoms with E-state index >= 15 is 0 Å². The Balaban J connectivity index is 1.66. The second-order valence-electron chi connectivity index (χ2n) is 5.74. The lowest BCUT2D eigenvalue weighted by molar-refractivity contribution is 0.0710. The van der Waals surface area contributed by atoms with Gasteiger partial charge < -0.3 is 9.64 Å². The fourth-order valence-electron chi connectivity index (χ4n) is 2.90. The van der Waals surface area contributed by atoms with Crippen LogP contribution in [-0.2, 0) is 7.05 Å². The SMILES string of the molecule is COc1cccc(C(=O)N2CCC(c3nn(C)c(=O)[nH]3)CC2)c1. The summed E-state index contributed by atoms with van der Waals surface area (Å²) < 4.78 is 6.47. The maximum Gasteiger partial charge on any atom is 0.343 e. The van der Waals surface area contributed by atoms with Crippen molar-refractivity contribution in [2.45, 2.75) is 18.8 Å². The molecule has 0 aliphatic carbocycles. The molecule has 1 aromatic heterocycles. The van der Waals surface area contributed by atoms with Crippen molar-refractivity contribution in [2.24, 2.45) is 7.05 Å². The van der Waals surface area contributed by atoms with E-state index in [1.165, 1.54) is 4.68 Å². The lowest BCUT2D eigenvalue weighted by atomic mass is 9.95. The zero-order valence-electron chi connectivity index (χ0n) is 13.3. The zero-order valence-corrected chi connectivity index (χ0v) is 13.3. The van der Waals surface area contributed by atoms with Crippen molar-refractivity contribution in [2.75, 3.05) is 20.2 Å². The van der Waals surface area contributed by atoms with E-state index in [-0.39, 0.29) is 17.5 Å². The van der Waals surface area contributed by atoms with E-state index in [4.69, 9.17) is 4.74 Å². The van der Waals surface area contributed by atoms with Gasteiger partial charge in [-0.2, -0.15) is 5.10 Å². The van der Waals surface area contributed by atoms with Gasteiger partial charge in [-0.05, 0) is 31.0 Å². The van der Waals surface area contributed by atoms with E-state index < -0.39 is 0 Å². The number of methoxy groups -OCH3 is 1. The van der Waals surface area contributed by atoms with Crippen LogP contribution >= 0.6 is 0 Å². The Kier molecular flexibility index (Phi) is 4.18. The first kappa shape index (κ1) is 15.3. The second-order valence-corrected chi connectivity index (χ2v) is 5.74. The zero-order chi connectivity index (χ0) is 16.4. The number of carbonyl (C=O) groups excluding carboxylic acids is 1. The van der Waals surface area contributed by atoms with Crippen LogP contribution in [0.2, 0.25) is 0 Å². The molecule has 2 heterocycles. The third-order valence-electron chi connectivity index (χ3n) is 4.27. The number of nitrogens with one attached hydrogen (secondary N) is 1. The normalized spacial score (nSPS) is 15.7.